The van der Waals surface area contributed by atoms with Gasteiger partial charge in [0.05, 0.1) is 6.33 Å². The molecule has 19 heavy (non-hydrogen) atoms. The van der Waals surface area contributed by atoms with E-state index in [1.165, 1.54) is 31.2 Å². The van der Waals surface area contributed by atoms with E-state index in [9.17, 15) is 0 Å². The van der Waals surface area contributed by atoms with Crippen LogP contribution in [0.1, 0.15) is 38.2 Å². The van der Waals surface area contributed by atoms with Crippen molar-refractivity contribution < 1.29 is 0 Å². The first-order chi connectivity index (χ1) is 9.40. The molecule has 3 heteroatoms. The van der Waals surface area contributed by atoms with Crippen molar-refractivity contribution in [1.29, 1.82) is 0 Å². The second-order valence-corrected chi connectivity index (χ2v) is 4.87. The number of imidazole rings is 1. The first-order valence-electron chi connectivity index (χ1n) is 7.18. The van der Waals surface area contributed by atoms with Crippen LogP contribution >= 0.6 is 0 Å². The zero-order chi connectivity index (χ0) is 13.3. The average molecular weight is 257 g/mol. The van der Waals surface area contributed by atoms with Crippen molar-refractivity contribution >= 4 is 0 Å². The fourth-order valence-electron chi connectivity index (χ4n) is 2.11. The summed E-state index contributed by atoms with van der Waals surface area (Å²) in [6, 6.07) is 8.62. The summed E-state index contributed by atoms with van der Waals surface area (Å²) in [5.41, 5.74) is 2.49. The van der Waals surface area contributed by atoms with Crippen LogP contribution in [0.5, 0.6) is 0 Å². The van der Waals surface area contributed by atoms with Crippen molar-refractivity contribution in [3.63, 3.8) is 0 Å². The van der Waals surface area contributed by atoms with Crippen molar-refractivity contribution in [3.8, 4) is 5.69 Å². The number of hydrogen-bond acceptors (Lipinski definition) is 2. The zero-order valence-electron chi connectivity index (χ0n) is 11.7. The summed E-state index contributed by atoms with van der Waals surface area (Å²) < 4.78 is 2.02. The van der Waals surface area contributed by atoms with E-state index in [2.05, 4.69) is 41.5 Å². The second kappa shape index (κ2) is 7.74. The highest BCUT2D eigenvalue weighted by Gasteiger charge is 1.96. The van der Waals surface area contributed by atoms with Gasteiger partial charge < -0.3 is 9.88 Å². The molecule has 0 fully saturated rings. The Labute approximate surface area is 115 Å². The smallest absolute Gasteiger partial charge is 0.0991 e. The van der Waals surface area contributed by atoms with Gasteiger partial charge in [0.2, 0.25) is 0 Å². The Kier molecular flexibility index (Phi) is 5.63. The number of nitrogens with zero attached hydrogens (tertiary/aromatic N) is 2. The van der Waals surface area contributed by atoms with E-state index in [1.54, 1.807) is 6.20 Å². The van der Waals surface area contributed by atoms with Gasteiger partial charge in [0.25, 0.3) is 0 Å². The third kappa shape index (κ3) is 4.52. The van der Waals surface area contributed by atoms with Gasteiger partial charge in [-0.25, -0.2) is 4.98 Å². The van der Waals surface area contributed by atoms with Gasteiger partial charge in [0.15, 0.2) is 0 Å². The fourth-order valence-corrected chi connectivity index (χ4v) is 2.11. The minimum absolute atomic E-state index is 0.955. The third-order valence-electron chi connectivity index (χ3n) is 3.28. The maximum Gasteiger partial charge on any atom is 0.0991 e. The Morgan fingerprint density at radius 2 is 1.95 bits per heavy atom. The van der Waals surface area contributed by atoms with E-state index < -0.39 is 0 Å². The molecule has 3 nitrogen and oxygen atoms in total. The van der Waals surface area contributed by atoms with Gasteiger partial charge in [-0.05, 0) is 30.7 Å². The predicted octanol–water partition coefficient (Wildman–Crippen LogP) is 3.54. The number of nitrogens with one attached hydrogen (secondary N) is 1. The number of aromatic nitrogens is 2. The molecule has 2 aromatic rings. The first kappa shape index (κ1) is 13.8. The Morgan fingerprint density at radius 1 is 1.11 bits per heavy atom. The molecule has 0 aliphatic carbocycles. The SMILES string of the molecule is CCCCCCNCc1ccc(-n2ccnc2)cc1. The summed E-state index contributed by atoms with van der Waals surface area (Å²) in [7, 11) is 0. The Balaban J connectivity index is 1.73. The number of benzene rings is 1. The molecule has 0 amide bonds. The lowest BCUT2D eigenvalue weighted by Gasteiger charge is -2.06. The van der Waals surface area contributed by atoms with E-state index in [4.69, 9.17) is 0 Å². The van der Waals surface area contributed by atoms with Gasteiger partial charge in [-0.3, -0.25) is 0 Å². The molecule has 1 aromatic heterocycles. The van der Waals surface area contributed by atoms with E-state index in [-0.39, 0.29) is 0 Å². The van der Waals surface area contributed by atoms with Crippen LogP contribution in [-0.4, -0.2) is 16.1 Å². The molecule has 0 saturated carbocycles. The molecule has 0 bridgehead atoms. The molecule has 0 radical (unpaired) electrons. The van der Waals surface area contributed by atoms with Crippen molar-refractivity contribution in [3.05, 3.63) is 48.5 Å². The van der Waals surface area contributed by atoms with Gasteiger partial charge in [-0.15, -0.1) is 0 Å². The van der Waals surface area contributed by atoms with E-state index in [0.717, 1.165) is 18.8 Å². The summed E-state index contributed by atoms with van der Waals surface area (Å²) in [5, 5.41) is 3.50. The van der Waals surface area contributed by atoms with E-state index in [0.29, 0.717) is 0 Å². The van der Waals surface area contributed by atoms with Crippen LogP contribution in [-0.2, 0) is 6.54 Å². The maximum absolute atomic E-state index is 4.06. The maximum atomic E-state index is 4.06. The molecule has 0 aliphatic heterocycles. The third-order valence-corrected chi connectivity index (χ3v) is 3.28. The molecule has 1 aromatic carbocycles. The highest BCUT2D eigenvalue weighted by molar-refractivity contribution is 5.34. The monoisotopic (exact) mass is 257 g/mol. The molecule has 102 valence electrons. The first-order valence-corrected chi connectivity index (χ1v) is 7.18. The van der Waals surface area contributed by atoms with Crippen LogP contribution in [0.4, 0.5) is 0 Å². The molecular formula is C16H23N3. The zero-order valence-corrected chi connectivity index (χ0v) is 11.7. The average Bonchev–Trinajstić information content (AvgIpc) is 2.97. The molecule has 0 aliphatic rings. The highest BCUT2D eigenvalue weighted by Crippen LogP contribution is 2.09. The standard InChI is InChI=1S/C16H23N3/c1-2-3-4-5-10-17-13-15-6-8-16(9-7-15)19-12-11-18-14-19/h6-9,11-12,14,17H,2-5,10,13H2,1H3. The van der Waals surface area contributed by atoms with Crippen LogP contribution in [0.25, 0.3) is 5.69 Å². The lowest BCUT2D eigenvalue weighted by molar-refractivity contribution is 0.598. The summed E-state index contributed by atoms with van der Waals surface area (Å²) in [6.45, 7) is 4.31. The fraction of sp³-hybridized carbons (Fsp3) is 0.438. The summed E-state index contributed by atoms with van der Waals surface area (Å²) in [5.74, 6) is 0. The summed E-state index contributed by atoms with van der Waals surface area (Å²) in [6.07, 6.45) is 10.8. The molecular weight excluding hydrogens is 234 g/mol. The Bertz CT molecular complexity index is 445. The lowest BCUT2D eigenvalue weighted by Crippen LogP contribution is -2.14. The lowest BCUT2D eigenvalue weighted by atomic mass is 10.2. The molecule has 0 saturated heterocycles. The second-order valence-electron chi connectivity index (χ2n) is 4.87. The van der Waals surface area contributed by atoms with E-state index >= 15 is 0 Å². The normalized spacial score (nSPS) is 10.8. The minimum atomic E-state index is 0.955. The largest absolute Gasteiger partial charge is 0.313 e. The van der Waals surface area contributed by atoms with Gasteiger partial charge in [0, 0.05) is 24.6 Å². The van der Waals surface area contributed by atoms with Gasteiger partial charge in [-0.2, -0.15) is 0 Å². The quantitative estimate of drug-likeness (QED) is 0.733. The molecule has 1 N–H and O–H groups in total. The summed E-state index contributed by atoms with van der Waals surface area (Å²) in [4.78, 5) is 4.06. The van der Waals surface area contributed by atoms with Crippen LogP contribution in [0.15, 0.2) is 43.0 Å². The highest BCUT2D eigenvalue weighted by atomic mass is 15.0. The number of rotatable bonds is 8. The topological polar surface area (TPSA) is 29.9 Å². The molecule has 0 spiro atoms. The number of unbranched alkanes of at least 4 members (excludes halogenated alkanes) is 3. The van der Waals surface area contributed by atoms with Gasteiger partial charge in [0.1, 0.15) is 0 Å². The minimum Gasteiger partial charge on any atom is -0.313 e. The van der Waals surface area contributed by atoms with Gasteiger partial charge >= 0.3 is 0 Å². The molecule has 0 atom stereocenters. The predicted molar refractivity (Wildman–Crippen MR) is 79.4 cm³/mol. The molecule has 2 rings (SSSR count). The van der Waals surface area contributed by atoms with Crippen LogP contribution in [0.2, 0.25) is 0 Å². The van der Waals surface area contributed by atoms with Crippen LogP contribution < -0.4 is 5.32 Å². The van der Waals surface area contributed by atoms with Crippen molar-refractivity contribution in [1.82, 2.24) is 14.9 Å². The van der Waals surface area contributed by atoms with Gasteiger partial charge in [-0.1, -0.05) is 38.3 Å². The van der Waals surface area contributed by atoms with Crippen molar-refractivity contribution in [2.45, 2.75) is 39.2 Å². The number of hydrogen-bond donors (Lipinski definition) is 1. The van der Waals surface area contributed by atoms with Crippen molar-refractivity contribution in [2.75, 3.05) is 6.54 Å². The van der Waals surface area contributed by atoms with Crippen molar-refractivity contribution in [2.24, 2.45) is 0 Å². The van der Waals surface area contributed by atoms with Crippen LogP contribution in [0.3, 0.4) is 0 Å². The van der Waals surface area contributed by atoms with E-state index in [1.807, 2.05) is 17.1 Å². The Morgan fingerprint density at radius 3 is 2.63 bits per heavy atom. The molecule has 0 unspecified atom stereocenters. The van der Waals surface area contributed by atoms with Crippen LogP contribution in [0, 0.1) is 0 Å². The summed E-state index contributed by atoms with van der Waals surface area (Å²) >= 11 is 0. The molecule has 1 heterocycles. The Hall–Kier alpha value is -1.61.